The molecule has 110 valence electrons. The molecule has 1 saturated heterocycles. The van der Waals surface area contributed by atoms with Gasteiger partial charge in [0.15, 0.2) is 11.5 Å². The van der Waals surface area contributed by atoms with Crippen LogP contribution >= 0.6 is 0 Å². The Morgan fingerprint density at radius 1 is 1.20 bits per heavy atom. The van der Waals surface area contributed by atoms with Crippen LogP contribution in [0.1, 0.15) is 18.0 Å². The number of carboxylic acid groups (broad SMARTS) is 1. The van der Waals surface area contributed by atoms with Crippen LogP contribution in [0.4, 0.5) is 0 Å². The molecule has 0 spiro atoms. The van der Waals surface area contributed by atoms with Crippen molar-refractivity contribution >= 4 is 5.97 Å². The number of nitrogens with one attached hydrogen (secondary N) is 1. The molecule has 0 amide bonds. The van der Waals surface area contributed by atoms with E-state index in [-0.39, 0.29) is 12.0 Å². The topological polar surface area (TPSA) is 77.0 Å². The zero-order valence-corrected chi connectivity index (χ0v) is 11.8. The highest BCUT2D eigenvalue weighted by molar-refractivity contribution is 5.71. The van der Waals surface area contributed by atoms with Crippen molar-refractivity contribution in [2.45, 2.75) is 12.5 Å². The van der Waals surface area contributed by atoms with Crippen LogP contribution in [0.2, 0.25) is 0 Å². The van der Waals surface area contributed by atoms with Crippen LogP contribution in [0.5, 0.6) is 17.2 Å². The van der Waals surface area contributed by atoms with Crippen LogP contribution < -0.4 is 19.5 Å². The molecule has 0 aromatic heterocycles. The predicted octanol–water partition coefficient (Wildman–Crippen LogP) is 1.45. The summed E-state index contributed by atoms with van der Waals surface area (Å²) in [6.07, 6.45) is 0.529. The quantitative estimate of drug-likeness (QED) is 0.850. The fourth-order valence-electron chi connectivity index (χ4n) is 2.56. The molecular weight excluding hydrogens is 262 g/mol. The summed E-state index contributed by atoms with van der Waals surface area (Å²) in [6.45, 7) is 0.456. The van der Waals surface area contributed by atoms with Crippen molar-refractivity contribution in [2.75, 3.05) is 27.9 Å². The molecule has 0 aliphatic carbocycles. The van der Waals surface area contributed by atoms with E-state index in [1.165, 1.54) is 0 Å². The average molecular weight is 281 g/mol. The van der Waals surface area contributed by atoms with Crippen molar-refractivity contribution in [3.8, 4) is 17.2 Å². The summed E-state index contributed by atoms with van der Waals surface area (Å²) in [5.74, 6) is 0.529. The first-order valence-electron chi connectivity index (χ1n) is 6.37. The molecule has 1 aliphatic rings. The molecular formula is C14H19NO5. The second-order valence-corrected chi connectivity index (χ2v) is 4.66. The highest BCUT2D eigenvalue weighted by Crippen LogP contribution is 2.44. The Balaban J connectivity index is 2.35. The Kier molecular flexibility index (Phi) is 4.34. The first-order chi connectivity index (χ1) is 9.62. The maximum Gasteiger partial charge on any atom is 0.307 e. The van der Waals surface area contributed by atoms with E-state index in [2.05, 4.69) is 5.32 Å². The van der Waals surface area contributed by atoms with Gasteiger partial charge in [-0.05, 0) is 18.6 Å². The molecule has 2 unspecified atom stereocenters. The van der Waals surface area contributed by atoms with E-state index in [9.17, 15) is 4.79 Å². The van der Waals surface area contributed by atoms with Crippen molar-refractivity contribution in [1.29, 1.82) is 0 Å². The lowest BCUT2D eigenvalue weighted by Crippen LogP contribution is -2.17. The highest BCUT2D eigenvalue weighted by atomic mass is 16.5. The molecule has 2 N–H and O–H groups in total. The number of hydrogen-bond acceptors (Lipinski definition) is 5. The van der Waals surface area contributed by atoms with Gasteiger partial charge in [-0.1, -0.05) is 0 Å². The number of carbonyl (C=O) groups is 1. The molecule has 1 aromatic rings. The van der Waals surface area contributed by atoms with Crippen molar-refractivity contribution in [3.63, 3.8) is 0 Å². The third kappa shape index (κ3) is 2.51. The average Bonchev–Trinajstić information content (AvgIpc) is 2.95. The summed E-state index contributed by atoms with van der Waals surface area (Å²) in [6, 6.07) is 3.61. The van der Waals surface area contributed by atoms with Gasteiger partial charge in [0.25, 0.3) is 0 Å². The third-order valence-corrected chi connectivity index (χ3v) is 3.59. The van der Waals surface area contributed by atoms with Gasteiger partial charge in [-0.2, -0.15) is 0 Å². The second-order valence-electron chi connectivity index (χ2n) is 4.66. The van der Waals surface area contributed by atoms with Crippen LogP contribution in [0.15, 0.2) is 12.1 Å². The normalized spacial score (nSPS) is 21.6. The standard InChI is InChI=1S/C14H19NO5/c1-18-11-5-4-9(12(19-2)13(11)20-3)10-6-8(7-15-10)14(16)17/h4-5,8,10,15H,6-7H2,1-3H3,(H,16,17). The predicted molar refractivity (Wildman–Crippen MR) is 72.6 cm³/mol. The largest absolute Gasteiger partial charge is 0.493 e. The van der Waals surface area contributed by atoms with Gasteiger partial charge in [0.05, 0.1) is 27.2 Å². The summed E-state index contributed by atoms with van der Waals surface area (Å²) in [5, 5.41) is 12.3. The van der Waals surface area contributed by atoms with E-state index < -0.39 is 5.97 Å². The lowest BCUT2D eigenvalue weighted by molar-refractivity contribution is -0.141. The zero-order chi connectivity index (χ0) is 14.7. The lowest BCUT2D eigenvalue weighted by atomic mass is 9.99. The molecule has 1 fully saturated rings. The van der Waals surface area contributed by atoms with E-state index in [4.69, 9.17) is 19.3 Å². The number of carboxylic acids is 1. The van der Waals surface area contributed by atoms with Gasteiger partial charge < -0.3 is 24.6 Å². The summed E-state index contributed by atoms with van der Waals surface area (Å²) in [5.41, 5.74) is 0.883. The lowest BCUT2D eigenvalue weighted by Gasteiger charge is -2.19. The Morgan fingerprint density at radius 3 is 2.40 bits per heavy atom. The van der Waals surface area contributed by atoms with E-state index in [1.54, 1.807) is 27.4 Å². The maximum absolute atomic E-state index is 11.0. The Morgan fingerprint density at radius 2 is 1.90 bits per heavy atom. The maximum atomic E-state index is 11.0. The van der Waals surface area contributed by atoms with E-state index >= 15 is 0 Å². The minimum Gasteiger partial charge on any atom is -0.493 e. The number of hydrogen-bond donors (Lipinski definition) is 2. The van der Waals surface area contributed by atoms with E-state index in [0.717, 1.165) is 5.56 Å². The van der Waals surface area contributed by atoms with Crippen LogP contribution in [0.25, 0.3) is 0 Å². The van der Waals surface area contributed by atoms with Crippen LogP contribution in [0.3, 0.4) is 0 Å². The first kappa shape index (κ1) is 14.5. The zero-order valence-electron chi connectivity index (χ0n) is 11.8. The molecule has 0 saturated carbocycles. The first-order valence-corrected chi connectivity index (χ1v) is 6.37. The Labute approximate surface area is 117 Å². The minimum atomic E-state index is -0.778. The van der Waals surface area contributed by atoms with Gasteiger partial charge in [-0.25, -0.2) is 0 Å². The van der Waals surface area contributed by atoms with Gasteiger partial charge in [0.1, 0.15) is 0 Å². The SMILES string of the molecule is COc1ccc(C2CC(C(=O)O)CN2)c(OC)c1OC. The van der Waals surface area contributed by atoms with Crippen LogP contribution in [-0.2, 0) is 4.79 Å². The fourth-order valence-corrected chi connectivity index (χ4v) is 2.56. The van der Waals surface area contributed by atoms with Crippen molar-refractivity contribution in [2.24, 2.45) is 5.92 Å². The number of benzene rings is 1. The summed E-state index contributed by atoms with van der Waals surface area (Å²) in [4.78, 5) is 11.0. The summed E-state index contributed by atoms with van der Waals surface area (Å²) >= 11 is 0. The second kappa shape index (κ2) is 6.00. The molecule has 2 atom stereocenters. The van der Waals surface area contributed by atoms with Crippen molar-refractivity contribution in [3.05, 3.63) is 17.7 Å². The number of rotatable bonds is 5. The number of methoxy groups -OCH3 is 3. The monoisotopic (exact) mass is 281 g/mol. The number of aliphatic carboxylic acids is 1. The Bertz CT molecular complexity index is 503. The highest BCUT2D eigenvalue weighted by Gasteiger charge is 2.33. The molecule has 20 heavy (non-hydrogen) atoms. The van der Waals surface area contributed by atoms with Crippen molar-refractivity contribution in [1.82, 2.24) is 5.32 Å². The van der Waals surface area contributed by atoms with Crippen LogP contribution in [0, 0.1) is 5.92 Å². The summed E-state index contributed by atoms with van der Waals surface area (Å²) < 4.78 is 16.0. The third-order valence-electron chi connectivity index (χ3n) is 3.59. The Hall–Kier alpha value is -1.95. The fraction of sp³-hybridized carbons (Fsp3) is 0.500. The molecule has 1 heterocycles. The van der Waals surface area contributed by atoms with Gasteiger partial charge in [0, 0.05) is 18.2 Å². The molecule has 6 nitrogen and oxygen atoms in total. The molecule has 2 rings (SSSR count). The van der Waals surface area contributed by atoms with Gasteiger partial charge in [-0.15, -0.1) is 0 Å². The van der Waals surface area contributed by atoms with Gasteiger partial charge in [0.2, 0.25) is 5.75 Å². The van der Waals surface area contributed by atoms with E-state index in [1.807, 2.05) is 6.07 Å². The molecule has 1 aromatic carbocycles. The summed E-state index contributed by atoms with van der Waals surface area (Å²) in [7, 11) is 4.67. The van der Waals surface area contributed by atoms with E-state index in [0.29, 0.717) is 30.2 Å². The molecule has 1 aliphatic heterocycles. The van der Waals surface area contributed by atoms with Gasteiger partial charge >= 0.3 is 5.97 Å². The van der Waals surface area contributed by atoms with Crippen LogP contribution in [-0.4, -0.2) is 38.9 Å². The molecule has 0 bridgehead atoms. The molecule has 6 heteroatoms. The molecule has 0 radical (unpaired) electrons. The number of ether oxygens (including phenoxy) is 3. The smallest absolute Gasteiger partial charge is 0.307 e. The van der Waals surface area contributed by atoms with Crippen molar-refractivity contribution < 1.29 is 24.1 Å². The minimum absolute atomic E-state index is 0.0640. The van der Waals surface area contributed by atoms with Gasteiger partial charge in [-0.3, -0.25) is 4.79 Å².